The molecule has 1 fully saturated rings. The molecule has 1 aliphatic heterocycles. The van der Waals surface area contributed by atoms with Gasteiger partial charge in [-0.15, -0.1) is 11.3 Å². The van der Waals surface area contributed by atoms with Gasteiger partial charge in [-0.3, -0.25) is 4.79 Å². The number of halogens is 1. The van der Waals surface area contributed by atoms with E-state index in [0.717, 1.165) is 29.0 Å². The highest BCUT2D eigenvalue weighted by Crippen LogP contribution is 2.28. The zero-order valence-electron chi connectivity index (χ0n) is 9.20. The van der Waals surface area contributed by atoms with Crippen LogP contribution in [0.2, 0.25) is 0 Å². The first-order valence-corrected chi connectivity index (χ1v) is 7.05. The summed E-state index contributed by atoms with van der Waals surface area (Å²) in [5, 5.41) is 6.28. The fourth-order valence-electron chi connectivity index (χ4n) is 1.87. The van der Waals surface area contributed by atoms with Crippen LogP contribution in [0.3, 0.4) is 0 Å². The van der Waals surface area contributed by atoms with Crippen LogP contribution in [0.15, 0.2) is 15.9 Å². The lowest BCUT2D eigenvalue weighted by molar-refractivity contribution is -0.119. The van der Waals surface area contributed by atoms with Crippen molar-refractivity contribution in [1.29, 1.82) is 0 Å². The van der Waals surface area contributed by atoms with Crippen molar-refractivity contribution in [3.63, 3.8) is 0 Å². The molecule has 1 saturated heterocycles. The molecule has 0 bridgehead atoms. The Kier molecular flexibility index (Phi) is 4.00. The van der Waals surface area contributed by atoms with E-state index in [0.29, 0.717) is 12.3 Å². The van der Waals surface area contributed by atoms with Crippen LogP contribution in [0, 0.1) is 5.92 Å². The van der Waals surface area contributed by atoms with Crippen LogP contribution in [0.5, 0.6) is 0 Å². The summed E-state index contributed by atoms with van der Waals surface area (Å²) in [6.07, 6.45) is 1.77. The zero-order valence-corrected chi connectivity index (χ0v) is 11.6. The van der Waals surface area contributed by atoms with Gasteiger partial charge in [-0.2, -0.15) is 0 Å². The van der Waals surface area contributed by atoms with Crippen LogP contribution in [0.4, 0.5) is 5.00 Å². The van der Waals surface area contributed by atoms with E-state index in [1.165, 1.54) is 0 Å². The van der Waals surface area contributed by atoms with E-state index >= 15 is 0 Å². The van der Waals surface area contributed by atoms with Crippen molar-refractivity contribution < 1.29 is 4.79 Å². The van der Waals surface area contributed by atoms with Crippen molar-refractivity contribution in [2.45, 2.75) is 12.8 Å². The van der Waals surface area contributed by atoms with E-state index in [1.54, 1.807) is 16.2 Å². The average molecular weight is 303 g/mol. The van der Waals surface area contributed by atoms with Gasteiger partial charge in [0.05, 0.1) is 5.00 Å². The van der Waals surface area contributed by atoms with Gasteiger partial charge in [-0.1, -0.05) is 0 Å². The lowest BCUT2D eigenvalue weighted by Crippen LogP contribution is -2.28. The molecule has 1 amide bonds. The first kappa shape index (κ1) is 12.1. The number of thiophene rings is 1. The number of hydrogen-bond acceptors (Lipinski definition) is 3. The molecular formula is C11H15BrN2OS. The Hall–Kier alpha value is -0.390. The maximum Gasteiger partial charge on any atom is 0.227 e. The summed E-state index contributed by atoms with van der Waals surface area (Å²) in [5.74, 6) is 0.724. The van der Waals surface area contributed by atoms with Crippen molar-refractivity contribution >= 4 is 38.2 Å². The molecule has 88 valence electrons. The molecule has 2 heterocycles. The van der Waals surface area contributed by atoms with Crippen LogP contribution < -0.4 is 10.2 Å². The number of carbonyl (C=O) groups excluding carboxylic acids is 1. The molecule has 2 rings (SSSR count). The zero-order chi connectivity index (χ0) is 11.5. The summed E-state index contributed by atoms with van der Waals surface area (Å²) < 4.78 is 1.04. The van der Waals surface area contributed by atoms with Gasteiger partial charge in [-0.05, 0) is 47.4 Å². The second-order valence-corrected chi connectivity index (χ2v) is 5.92. The van der Waals surface area contributed by atoms with E-state index in [-0.39, 0.29) is 5.91 Å². The fourth-order valence-corrected chi connectivity index (χ4v) is 3.28. The third-order valence-corrected chi connectivity index (χ3v) is 4.65. The summed E-state index contributed by atoms with van der Waals surface area (Å²) >= 11 is 4.99. The summed E-state index contributed by atoms with van der Waals surface area (Å²) in [5.41, 5.74) is 0. The summed E-state index contributed by atoms with van der Waals surface area (Å²) in [7, 11) is 1.85. The van der Waals surface area contributed by atoms with Crippen molar-refractivity contribution in [1.82, 2.24) is 5.32 Å². The quantitative estimate of drug-likeness (QED) is 0.930. The predicted octanol–water partition coefficient (Wildman–Crippen LogP) is 2.47. The second kappa shape index (κ2) is 5.29. The van der Waals surface area contributed by atoms with Gasteiger partial charge in [-0.25, -0.2) is 0 Å². The first-order valence-electron chi connectivity index (χ1n) is 5.38. The highest BCUT2D eigenvalue weighted by atomic mass is 79.9. The Balaban J connectivity index is 1.93. The van der Waals surface area contributed by atoms with Gasteiger partial charge in [0.25, 0.3) is 0 Å². The van der Waals surface area contributed by atoms with Crippen molar-refractivity contribution in [3.05, 3.63) is 15.9 Å². The molecule has 0 spiro atoms. The Morgan fingerprint density at radius 2 is 2.56 bits per heavy atom. The van der Waals surface area contributed by atoms with Crippen LogP contribution in [-0.4, -0.2) is 26.0 Å². The predicted molar refractivity (Wildman–Crippen MR) is 71.0 cm³/mol. The Morgan fingerprint density at radius 3 is 3.12 bits per heavy atom. The number of nitrogens with zero attached hydrogens (tertiary/aromatic N) is 1. The van der Waals surface area contributed by atoms with Gasteiger partial charge in [0.2, 0.25) is 5.91 Å². The average Bonchev–Trinajstić information content (AvgIpc) is 2.88. The minimum Gasteiger partial charge on any atom is -0.316 e. The van der Waals surface area contributed by atoms with E-state index < -0.39 is 0 Å². The highest BCUT2D eigenvalue weighted by Gasteiger charge is 2.21. The molecule has 0 aliphatic carbocycles. The maximum atomic E-state index is 12.0. The van der Waals surface area contributed by atoms with Crippen LogP contribution in [0.1, 0.15) is 12.8 Å². The van der Waals surface area contributed by atoms with Gasteiger partial charge < -0.3 is 10.2 Å². The van der Waals surface area contributed by atoms with E-state index in [9.17, 15) is 4.79 Å². The van der Waals surface area contributed by atoms with Crippen LogP contribution in [-0.2, 0) is 4.79 Å². The molecule has 16 heavy (non-hydrogen) atoms. The standard InChI is InChI=1S/C11H15BrN2OS/c1-14(11-5-9(12)7-16-11)10(15)4-8-2-3-13-6-8/h5,7-8,13H,2-4,6H2,1H3. The minimum absolute atomic E-state index is 0.211. The Labute approximate surface area is 108 Å². The smallest absolute Gasteiger partial charge is 0.227 e. The van der Waals surface area contributed by atoms with E-state index in [1.807, 2.05) is 18.5 Å². The molecular weight excluding hydrogens is 288 g/mol. The number of amides is 1. The fraction of sp³-hybridized carbons (Fsp3) is 0.545. The molecule has 1 aromatic heterocycles. The lowest BCUT2D eigenvalue weighted by atomic mass is 10.0. The number of rotatable bonds is 3. The van der Waals surface area contributed by atoms with Crippen LogP contribution in [0.25, 0.3) is 0 Å². The largest absolute Gasteiger partial charge is 0.316 e. The summed E-state index contributed by atoms with van der Waals surface area (Å²) in [6.45, 7) is 2.03. The van der Waals surface area contributed by atoms with E-state index in [4.69, 9.17) is 0 Å². The number of hydrogen-bond donors (Lipinski definition) is 1. The SMILES string of the molecule is CN(C(=O)CC1CCNC1)c1cc(Br)cs1. The number of anilines is 1. The topological polar surface area (TPSA) is 32.3 Å². The van der Waals surface area contributed by atoms with Crippen LogP contribution >= 0.6 is 27.3 Å². The molecule has 1 atom stereocenters. The molecule has 1 aliphatic rings. The molecule has 0 radical (unpaired) electrons. The lowest BCUT2D eigenvalue weighted by Gasteiger charge is -2.17. The molecule has 3 nitrogen and oxygen atoms in total. The molecule has 5 heteroatoms. The minimum atomic E-state index is 0.211. The van der Waals surface area contributed by atoms with Crippen molar-refractivity contribution in [2.24, 2.45) is 5.92 Å². The molecule has 1 aromatic rings. The Bertz CT molecular complexity index is 374. The third-order valence-electron chi connectivity index (χ3n) is 2.88. The van der Waals surface area contributed by atoms with E-state index in [2.05, 4.69) is 21.2 Å². The van der Waals surface area contributed by atoms with Gasteiger partial charge in [0.15, 0.2) is 0 Å². The van der Waals surface area contributed by atoms with Crippen molar-refractivity contribution in [3.8, 4) is 0 Å². The monoisotopic (exact) mass is 302 g/mol. The number of nitrogens with one attached hydrogen (secondary N) is 1. The first-order chi connectivity index (χ1) is 7.66. The second-order valence-electron chi connectivity index (χ2n) is 4.12. The Morgan fingerprint density at radius 1 is 1.75 bits per heavy atom. The van der Waals surface area contributed by atoms with Gasteiger partial charge >= 0.3 is 0 Å². The normalized spacial score (nSPS) is 20.0. The third kappa shape index (κ3) is 2.84. The summed E-state index contributed by atoms with van der Waals surface area (Å²) in [6, 6.07) is 1.98. The molecule has 1 N–H and O–H groups in total. The highest BCUT2D eigenvalue weighted by molar-refractivity contribution is 9.10. The number of carbonyl (C=O) groups is 1. The molecule has 0 aromatic carbocycles. The van der Waals surface area contributed by atoms with Gasteiger partial charge in [0, 0.05) is 23.3 Å². The maximum absolute atomic E-state index is 12.0. The van der Waals surface area contributed by atoms with Gasteiger partial charge in [0.1, 0.15) is 0 Å². The molecule has 0 saturated carbocycles. The van der Waals surface area contributed by atoms with Crippen molar-refractivity contribution in [2.75, 3.05) is 25.0 Å². The molecule has 1 unspecified atom stereocenters. The summed E-state index contributed by atoms with van der Waals surface area (Å²) in [4.78, 5) is 13.8.